The van der Waals surface area contributed by atoms with Gasteiger partial charge in [-0.05, 0) is 95.6 Å². The largest absolute Gasteiger partial charge is 0.416 e. The summed E-state index contributed by atoms with van der Waals surface area (Å²) in [5.74, 6) is -10.9. The molecule has 0 bridgehead atoms. The Labute approximate surface area is 251 Å². The first-order valence-electron chi connectivity index (χ1n) is 13.7. The highest BCUT2D eigenvalue weighted by molar-refractivity contribution is 14.1. The summed E-state index contributed by atoms with van der Waals surface area (Å²) in [5.41, 5.74) is 1.02. The highest BCUT2D eigenvalue weighted by Gasteiger charge is 2.78. The van der Waals surface area contributed by atoms with Crippen LogP contribution in [0.2, 0.25) is 0 Å². The summed E-state index contributed by atoms with van der Waals surface area (Å²) >= 11 is 3.73. The lowest BCUT2D eigenvalue weighted by molar-refractivity contribution is 0.0711. The van der Waals surface area contributed by atoms with Crippen molar-refractivity contribution in [1.29, 1.82) is 0 Å². The lowest BCUT2D eigenvalue weighted by Crippen LogP contribution is -2.30. The van der Waals surface area contributed by atoms with Crippen molar-refractivity contribution < 1.29 is 31.5 Å². The Bertz CT molecular complexity index is 1550. The van der Waals surface area contributed by atoms with Crippen molar-refractivity contribution in [2.45, 2.75) is 55.5 Å². The van der Waals surface area contributed by atoms with Crippen LogP contribution in [0.1, 0.15) is 66.6 Å². The summed E-state index contributed by atoms with van der Waals surface area (Å²) < 4.78 is 75.9. The zero-order valence-corrected chi connectivity index (χ0v) is 24.6. The second-order valence-corrected chi connectivity index (χ2v) is 13.9. The molecule has 7 rings (SSSR count). The molecule has 1 spiro atoms. The first-order chi connectivity index (χ1) is 19.7. The van der Waals surface area contributed by atoms with Crippen LogP contribution in [0.5, 0.6) is 5.75 Å². The van der Waals surface area contributed by atoms with Gasteiger partial charge in [-0.15, -0.1) is 0 Å². The van der Waals surface area contributed by atoms with Crippen molar-refractivity contribution in [2.24, 2.45) is 23.2 Å². The summed E-state index contributed by atoms with van der Waals surface area (Å²) in [6.07, 6.45) is 8.19. The number of esters is 1. The quantitative estimate of drug-likeness (QED) is 0.0366. The Morgan fingerprint density at radius 3 is 2.22 bits per heavy atom. The SMILES string of the molecule is O=C(Oc1c(F)c(F)c(F)c(F)c1F)c1cnc(SCC2CC34CC[C@H]3C24)nc1C1(c2ccc(I)cc2)CCCC1. The molecule has 4 atom stereocenters. The number of carbonyl (C=O) groups is 1. The van der Waals surface area contributed by atoms with E-state index in [1.807, 2.05) is 24.3 Å². The molecule has 0 N–H and O–H groups in total. The molecule has 0 aliphatic heterocycles. The van der Waals surface area contributed by atoms with Gasteiger partial charge in [0.15, 0.2) is 5.16 Å². The van der Waals surface area contributed by atoms with Gasteiger partial charge < -0.3 is 4.74 Å². The Kier molecular flexibility index (Phi) is 6.64. The number of halogens is 6. The summed E-state index contributed by atoms with van der Waals surface area (Å²) in [5, 5.41) is 0.485. The van der Waals surface area contributed by atoms with Gasteiger partial charge in [0.1, 0.15) is 5.56 Å². The molecule has 4 saturated carbocycles. The summed E-state index contributed by atoms with van der Waals surface area (Å²) in [7, 11) is 0. The average molecular weight is 698 g/mol. The van der Waals surface area contributed by atoms with E-state index < -0.39 is 46.2 Å². The number of ether oxygens (including phenoxy) is 1. The van der Waals surface area contributed by atoms with Gasteiger partial charge in [-0.25, -0.2) is 27.9 Å². The molecule has 214 valence electrons. The molecule has 0 saturated heterocycles. The van der Waals surface area contributed by atoms with E-state index >= 15 is 0 Å². The monoisotopic (exact) mass is 698 g/mol. The average Bonchev–Trinajstić information content (AvgIpc) is 3.28. The lowest BCUT2D eigenvalue weighted by atomic mass is 9.71. The van der Waals surface area contributed by atoms with Gasteiger partial charge in [0.2, 0.25) is 34.8 Å². The molecule has 2 aromatic carbocycles. The normalized spacial score (nSPS) is 26.9. The molecule has 4 aliphatic rings. The number of hydrogen-bond donors (Lipinski definition) is 0. The highest BCUT2D eigenvalue weighted by atomic mass is 127. The molecule has 0 amide bonds. The molecule has 1 aromatic heterocycles. The van der Waals surface area contributed by atoms with E-state index in [-0.39, 0.29) is 5.56 Å². The van der Waals surface area contributed by atoms with Gasteiger partial charge in [-0.1, -0.05) is 36.7 Å². The van der Waals surface area contributed by atoms with Gasteiger partial charge in [0, 0.05) is 20.9 Å². The molecule has 0 radical (unpaired) electrons. The van der Waals surface area contributed by atoms with Crippen molar-refractivity contribution in [3.8, 4) is 5.75 Å². The van der Waals surface area contributed by atoms with Crippen LogP contribution in [-0.2, 0) is 5.41 Å². The van der Waals surface area contributed by atoms with Crippen molar-refractivity contribution in [1.82, 2.24) is 9.97 Å². The minimum absolute atomic E-state index is 0.165. The van der Waals surface area contributed by atoms with E-state index in [9.17, 15) is 26.7 Å². The summed E-state index contributed by atoms with van der Waals surface area (Å²) in [4.78, 5) is 22.6. The fourth-order valence-electron chi connectivity index (χ4n) is 7.81. The third kappa shape index (κ3) is 4.15. The molecule has 3 unspecified atom stereocenters. The van der Waals surface area contributed by atoms with Crippen LogP contribution >= 0.6 is 34.4 Å². The van der Waals surface area contributed by atoms with E-state index in [1.165, 1.54) is 37.2 Å². The molecule has 11 heteroatoms. The standard InChI is InChI=1S/C30H24F5IN2O2S/c31-20-21(32)23(34)25(24(35)22(20)33)40-27(39)17-12-37-28(41-13-14-11-30-10-7-18(30)19(14)30)38-26(17)29(8-1-2-9-29)15-3-5-16(36)6-4-15/h3-6,12,14,18-19H,1-2,7-11,13H2/t14?,18-,19?,30?/m0/s1. The van der Waals surface area contributed by atoms with E-state index in [2.05, 4.69) is 27.6 Å². The van der Waals surface area contributed by atoms with Crippen LogP contribution in [0.3, 0.4) is 0 Å². The zero-order valence-electron chi connectivity index (χ0n) is 21.7. The molecule has 4 nitrogen and oxygen atoms in total. The van der Waals surface area contributed by atoms with Crippen LogP contribution in [0, 0.1) is 55.8 Å². The molecule has 3 aromatic rings. The van der Waals surface area contributed by atoms with Crippen molar-refractivity contribution in [2.75, 3.05) is 5.75 Å². The fourth-order valence-corrected chi connectivity index (χ4v) is 9.14. The Balaban J connectivity index is 1.26. The third-order valence-electron chi connectivity index (χ3n) is 9.88. The number of thioether (sulfide) groups is 1. The Morgan fingerprint density at radius 2 is 1.63 bits per heavy atom. The molecule has 4 fully saturated rings. The Hall–Kier alpha value is -2.28. The van der Waals surface area contributed by atoms with Crippen LogP contribution in [0.4, 0.5) is 22.0 Å². The lowest BCUT2D eigenvalue weighted by Gasteiger charge is -2.36. The van der Waals surface area contributed by atoms with E-state index in [0.29, 0.717) is 35.0 Å². The van der Waals surface area contributed by atoms with Crippen LogP contribution < -0.4 is 4.74 Å². The predicted molar refractivity (Wildman–Crippen MR) is 149 cm³/mol. The minimum atomic E-state index is -2.33. The van der Waals surface area contributed by atoms with Gasteiger partial charge in [0.05, 0.1) is 5.69 Å². The molecule has 1 heterocycles. The smallest absolute Gasteiger partial charge is 0.347 e. The van der Waals surface area contributed by atoms with Crippen LogP contribution in [-0.4, -0.2) is 21.7 Å². The maximum Gasteiger partial charge on any atom is 0.347 e. The molecular formula is C30H24F5IN2O2S. The predicted octanol–water partition coefficient (Wildman–Crippen LogP) is 7.99. The van der Waals surface area contributed by atoms with Gasteiger partial charge >= 0.3 is 5.97 Å². The second-order valence-electron chi connectivity index (χ2n) is 11.7. The molecule has 4 aliphatic carbocycles. The number of nitrogens with zero attached hydrogens (tertiary/aromatic N) is 2. The van der Waals surface area contributed by atoms with E-state index in [0.717, 1.165) is 39.6 Å². The topological polar surface area (TPSA) is 52.1 Å². The minimum Gasteiger partial charge on any atom is -0.416 e. The molecule has 41 heavy (non-hydrogen) atoms. The summed E-state index contributed by atoms with van der Waals surface area (Å²) in [6, 6.07) is 7.85. The third-order valence-corrected chi connectivity index (χ3v) is 11.7. The first kappa shape index (κ1) is 27.5. The first-order valence-corrected chi connectivity index (χ1v) is 15.7. The van der Waals surface area contributed by atoms with E-state index in [1.54, 1.807) is 0 Å². The van der Waals surface area contributed by atoms with Crippen molar-refractivity contribution in [3.05, 3.63) is 79.9 Å². The number of carbonyl (C=O) groups excluding carboxylic acids is 1. The van der Waals surface area contributed by atoms with Gasteiger partial charge in [-0.2, -0.15) is 8.78 Å². The van der Waals surface area contributed by atoms with Crippen LogP contribution in [0.25, 0.3) is 0 Å². The maximum absolute atomic E-state index is 14.4. The number of rotatable bonds is 7. The van der Waals surface area contributed by atoms with Gasteiger partial charge in [-0.3, -0.25) is 0 Å². The Morgan fingerprint density at radius 1 is 0.976 bits per heavy atom. The number of fused-ring (bicyclic) bond motifs is 1. The highest BCUT2D eigenvalue weighted by Crippen LogP contribution is 2.85. The number of hydrogen-bond acceptors (Lipinski definition) is 5. The number of aromatic nitrogens is 2. The zero-order chi connectivity index (χ0) is 28.7. The van der Waals surface area contributed by atoms with E-state index in [4.69, 9.17) is 9.72 Å². The van der Waals surface area contributed by atoms with Crippen LogP contribution in [0.15, 0.2) is 35.6 Å². The fraction of sp³-hybridized carbons (Fsp3) is 0.433. The second kappa shape index (κ2) is 9.89. The van der Waals surface area contributed by atoms with Crippen molar-refractivity contribution >= 4 is 40.3 Å². The van der Waals surface area contributed by atoms with Gasteiger partial charge in [0.25, 0.3) is 0 Å². The summed E-state index contributed by atoms with van der Waals surface area (Å²) in [6.45, 7) is 0. The number of benzene rings is 2. The van der Waals surface area contributed by atoms with Crippen molar-refractivity contribution in [3.63, 3.8) is 0 Å². The molecular weight excluding hydrogens is 674 g/mol. The maximum atomic E-state index is 14.4.